The van der Waals surface area contributed by atoms with Crippen molar-refractivity contribution < 1.29 is 14.3 Å². The molecular weight excluding hydrogens is 350 g/mol. The first-order chi connectivity index (χ1) is 8.01. The Morgan fingerprint density at radius 2 is 1.94 bits per heavy atom. The van der Waals surface area contributed by atoms with E-state index in [2.05, 4.69) is 11.0 Å². The molecule has 1 aromatic rings. The summed E-state index contributed by atoms with van der Waals surface area (Å²) >= 11 is 0.736. The topological polar surface area (TPSA) is 43.4 Å². The Morgan fingerprint density at radius 3 is 2.71 bits per heavy atom. The van der Waals surface area contributed by atoms with Gasteiger partial charge in [0, 0.05) is 0 Å². The number of carbonyl (C=O) groups is 2. The van der Waals surface area contributed by atoms with Gasteiger partial charge in [-0.1, -0.05) is 0 Å². The van der Waals surface area contributed by atoms with Crippen LogP contribution in [0.1, 0.15) is 24.2 Å². The van der Waals surface area contributed by atoms with Crippen molar-refractivity contribution in [1.29, 1.82) is 0 Å². The summed E-state index contributed by atoms with van der Waals surface area (Å²) in [4.78, 5) is 26.6. The second-order valence-electron chi connectivity index (χ2n) is 5.25. The Balaban J connectivity index is 1.94. The average Bonchev–Trinajstić information content (AvgIpc) is 2.87. The second kappa shape index (κ2) is 2.80. The third-order valence-electron chi connectivity index (χ3n) is 4.80. The molecule has 3 aliphatic rings. The van der Waals surface area contributed by atoms with Gasteiger partial charge in [0.25, 0.3) is 0 Å². The van der Waals surface area contributed by atoms with Crippen LogP contribution in [0.4, 0.5) is 0 Å². The molecule has 88 valence electrons. The SMILES string of the molecule is C[C@@]12C(=O)OC(=O)[C@]1(C)[C@H]1c3[se]ccc3[Se][C@H]12. The third kappa shape index (κ3) is 0.849. The first kappa shape index (κ1) is 10.6. The molecule has 1 aliphatic carbocycles. The monoisotopic (exact) mass is 362 g/mol. The Kier molecular flexibility index (Phi) is 1.74. The summed E-state index contributed by atoms with van der Waals surface area (Å²) < 4.78 is 7.85. The maximum absolute atomic E-state index is 12.0. The molecule has 0 bridgehead atoms. The summed E-state index contributed by atoms with van der Waals surface area (Å²) in [7, 11) is 0. The fourth-order valence-corrected chi connectivity index (χ4v) is 11.4. The van der Waals surface area contributed by atoms with E-state index in [-0.39, 0.29) is 17.9 Å². The van der Waals surface area contributed by atoms with Gasteiger partial charge in [-0.2, -0.15) is 0 Å². The van der Waals surface area contributed by atoms with Gasteiger partial charge >= 0.3 is 111 Å². The summed E-state index contributed by atoms with van der Waals surface area (Å²) in [5.41, 5.74) is -1.13. The Hall–Kier alpha value is -0.341. The van der Waals surface area contributed by atoms with E-state index in [1.165, 1.54) is 8.90 Å². The number of carbonyl (C=O) groups excluding carboxylic acids is 2. The Bertz CT molecular complexity index is 578. The van der Waals surface area contributed by atoms with E-state index >= 15 is 0 Å². The zero-order valence-corrected chi connectivity index (χ0v) is 12.8. The first-order valence-electron chi connectivity index (χ1n) is 5.52. The van der Waals surface area contributed by atoms with Gasteiger partial charge in [-0.25, -0.2) is 0 Å². The van der Waals surface area contributed by atoms with Gasteiger partial charge in [0.1, 0.15) is 0 Å². The van der Waals surface area contributed by atoms with Gasteiger partial charge in [0.05, 0.1) is 0 Å². The number of hydrogen-bond donors (Lipinski definition) is 0. The van der Waals surface area contributed by atoms with E-state index in [1.54, 1.807) is 0 Å². The molecule has 5 heteroatoms. The van der Waals surface area contributed by atoms with Gasteiger partial charge in [0.2, 0.25) is 0 Å². The van der Waals surface area contributed by atoms with Crippen LogP contribution in [0.5, 0.6) is 0 Å². The summed E-state index contributed by atoms with van der Waals surface area (Å²) in [6.45, 7) is 3.86. The zero-order valence-electron chi connectivity index (χ0n) is 9.35. The van der Waals surface area contributed by atoms with Gasteiger partial charge in [-0.05, 0) is 0 Å². The molecule has 0 unspecified atom stereocenters. The van der Waals surface area contributed by atoms with Gasteiger partial charge in [0.15, 0.2) is 0 Å². The molecule has 2 aliphatic heterocycles. The first-order valence-corrected chi connectivity index (χ1v) is 9.21. The fraction of sp³-hybridized carbons (Fsp3) is 0.500. The van der Waals surface area contributed by atoms with Crippen molar-refractivity contribution >= 4 is 45.9 Å². The van der Waals surface area contributed by atoms with Crippen LogP contribution in [-0.4, -0.2) is 41.4 Å². The van der Waals surface area contributed by atoms with Crippen LogP contribution >= 0.6 is 0 Å². The van der Waals surface area contributed by atoms with Gasteiger partial charge in [-0.15, -0.1) is 0 Å². The number of hydrogen-bond acceptors (Lipinski definition) is 3. The molecule has 0 amide bonds. The molecule has 2 fully saturated rings. The van der Waals surface area contributed by atoms with Crippen LogP contribution in [0.15, 0.2) is 11.0 Å². The predicted octanol–water partition coefficient (Wildman–Crippen LogP) is 0.0684. The van der Waals surface area contributed by atoms with Gasteiger partial charge in [-0.3, -0.25) is 0 Å². The Morgan fingerprint density at radius 1 is 1.24 bits per heavy atom. The molecule has 17 heavy (non-hydrogen) atoms. The van der Waals surface area contributed by atoms with Crippen LogP contribution in [0.2, 0.25) is 4.82 Å². The summed E-state index contributed by atoms with van der Waals surface area (Å²) in [6.07, 6.45) is 0. The van der Waals surface area contributed by atoms with Gasteiger partial charge < -0.3 is 0 Å². The van der Waals surface area contributed by atoms with Crippen molar-refractivity contribution in [3.8, 4) is 0 Å². The van der Waals surface area contributed by atoms with E-state index in [1.807, 2.05) is 13.8 Å². The quantitative estimate of drug-likeness (QED) is 0.374. The molecule has 4 rings (SSSR count). The summed E-state index contributed by atoms with van der Waals surface area (Å²) in [5.74, 6) is -0.291. The molecule has 1 saturated carbocycles. The van der Waals surface area contributed by atoms with E-state index < -0.39 is 10.8 Å². The molecule has 4 atom stereocenters. The molecule has 3 heterocycles. The Labute approximate surface area is 111 Å². The molecule has 1 aromatic heterocycles. The molecule has 0 radical (unpaired) electrons. The third-order valence-corrected chi connectivity index (χ3v) is 10.9. The van der Waals surface area contributed by atoms with Crippen LogP contribution < -0.4 is 4.46 Å². The predicted molar refractivity (Wildman–Crippen MR) is 62.6 cm³/mol. The number of rotatable bonds is 0. The van der Waals surface area contributed by atoms with E-state index in [4.69, 9.17) is 4.74 Å². The van der Waals surface area contributed by atoms with E-state index in [0.29, 0.717) is 34.3 Å². The molecule has 0 aromatic carbocycles. The number of cyclic esters (lactones) is 2. The molecule has 0 spiro atoms. The van der Waals surface area contributed by atoms with Crippen molar-refractivity contribution in [3.05, 3.63) is 15.4 Å². The summed E-state index contributed by atoms with van der Waals surface area (Å²) in [5, 5.41) is 0. The zero-order chi connectivity index (χ0) is 12.0. The summed E-state index contributed by atoms with van der Waals surface area (Å²) in [6, 6.07) is 2.21. The van der Waals surface area contributed by atoms with Crippen LogP contribution in [-0.2, 0) is 14.3 Å². The molecule has 3 nitrogen and oxygen atoms in total. The van der Waals surface area contributed by atoms with Crippen molar-refractivity contribution in [3.63, 3.8) is 0 Å². The van der Waals surface area contributed by atoms with Crippen molar-refractivity contribution in [2.45, 2.75) is 24.6 Å². The van der Waals surface area contributed by atoms with E-state index in [9.17, 15) is 9.59 Å². The fourth-order valence-electron chi connectivity index (χ4n) is 3.48. The number of ether oxygens (including phenoxy) is 1. The minimum absolute atomic E-state index is 0.286. The second-order valence-corrected chi connectivity index (χ2v) is 9.72. The van der Waals surface area contributed by atoms with Crippen molar-refractivity contribution in [1.82, 2.24) is 0 Å². The molecule has 0 N–H and O–H groups in total. The maximum atomic E-state index is 12.0. The van der Waals surface area contributed by atoms with Crippen LogP contribution in [0, 0.1) is 10.8 Å². The van der Waals surface area contributed by atoms with Crippen LogP contribution in [0.3, 0.4) is 0 Å². The number of fused-ring (bicyclic) bond motifs is 6. The standard InChI is InChI=1S/C12H10O3Se2/c1-11-6-7-5(3-4-16-7)17-8(6)12(11,2)10(14)15-9(11)13/h3-4,6,8H,1-2H3/t6-,8+,11-,12+/m0/s1. The minimum atomic E-state index is -0.582. The normalized spacial score (nSPS) is 46.0. The number of esters is 2. The van der Waals surface area contributed by atoms with E-state index in [0.717, 1.165) is 0 Å². The van der Waals surface area contributed by atoms with Crippen molar-refractivity contribution in [2.75, 3.05) is 0 Å². The average molecular weight is 360 g/mol. The van der Waals surface area contributed by atoms with Crippen molar-refractivity contribution in [2.24, 2.45) is 10.8 Å². The van der Waals surface area contributed by atoms with Crippen LogP contribution in [0.25, 0.3) is 0 Å². The molecular formula is C12H10O3Se2. The molecule has 1 saturated heterocycles.